The van der Waals surface area contributed by atoms with Crippen LogP contribution in [0.3, 0.4) is 0 Å². The minimum Gasteiger partial charge on any atom is -0.455 e. The molecule has 2 aromatic carbocycles. The maximum atomic E-state index is 12.6. The molecule has 0 saturated carbocycles. The Balaban J connectivity index is 1.39. The molecule has 0 saturated heterocycles. The summed E-state index contributed by atoms with van der Waals surface area (Å²) in [5.41, 5.74) is 1.42. The Labute approximate surface area is 183 Å². The molecule has 1 N–H and O–H groups in total. The van der Waals surface area contributed by atoms with Gasteiger partial charge in [0.25, 0.3) is 0 Å². The Morgan fingerprint density at radius 2 is 1.90 bits per heavy atom. The predicted octanol–water partition coefficient (Wildman–Crippen LogP) is 4.24. The standard InChI is InChI=1S/C22H18N2O5S2/c25-22(29-15-18-14-28-21(24-18)20-10-5-11-30-20)17-8-4-9-19(12-17)31(26,27)23-13-16-6-2-1-3-7-16/h1-12,14,23H,13,15H2. The first-order chi connectivity index (χ1) is 15.0. The van der Waals surface area contributed by atoms with E-state index < -0.39 is 16.0 Å². The van der Waals surface area contributed by atoms with E-state index in [1.54, 1.807) is 0 Å². The predicted molar refractivity (Wildman–Crippen MR) is 116 cm³/mol. The molecule has 0 bridgehead atoms. The van der Waals surface area contributed by atoms with Crippen LogP contribution >= 0.6 is 11.3 Å². The van der Waals surface area contributed by atoms with Gasteiger partial charge in [-0.15, -0.1) is 11.3 Å². The SMILES string of the molecule is O=C(OCc1coc(-c2cccs2)n1)c1cccc(S(=O)(=O)NCc2ccccc2)c1. The topological polar surface area (TPSA) is 98.5 Å². The fourth-order valence-corrected chi connectivity index (χ4v) is 4.48. The number of ether oxygens (including phenoxy) is 1. The van der Waals surface area contributed by atoms with E-state index in [0.717, 1.165) is 10.4 Å². The van der Waals surface area contributed by atoms with Gasteiger partial charge >= 0.3 is 5.97 Å². The van der Waals surface area contributed by atoms with Crippen LogP contribution in [0.1, 0.15) is 21.6 Å². The van der Waals surface area contributed by atoms with E-state index in [4.69, 9.17) is 9.15 Å². The normalized spacial score (nSPS) is 11.4. The zero-order valence-electron chi connectivity index (χ0n) is 16.2. The van der Waals surface area contributed by atoms with E-state index in [9.17, 15) is 13.2 Å². The average Bonchev–Trinajstić information content (AvgIpc) is 3.49. The van der Waals surface area contributed by atoms with Crippen molar-refractivity contribution >= 4 is 27.3 Å². The molecule has 0 spiro atoms. The first-order valence-corrected chi connectivity index (χ1v) is 11.7. The summed E-state index contributed by atoms with van der Waals surface area (Å²) in [6, 6.07) is 18.6. The highest BCUT2D eigenvalue weighted by Gasteiger charge is 2.17. The third-order valence-corrected chi connectivity index (χ3v) is 6.58. The van der Waals surface area contributed by atoms with E-state index >= 15 is 0 Å². The second-order valence-corrected chi connectivity index (χ2v) is 9.25. The minimum absolute atomic E-state index is 0.0145. The summed E-state index contributed by atoms with van der Waals surface area (Å²) in [5, 5.41) is 1.91. The van der Waals surface area contributed by atoms with Crippen LogP contribution in [-0.2, 0) is 27.9 Å². The van der Waals surface area contributed by atoms with E-state index in [0.29, 0.717) is 11.6 Å². The number of esters is 1. The molecule has 31 heavy (non-hydrogen) atoms. The van der Waals surface area contributed by atoms with Crippen molar-refractivity contribution in [1.82, 2.24) is 9.71 Å². The Kier molecular flexibility index (Phi) is 6.26. The zero-order valence-corrected chi connectivity index (χ0v) is 17.9. The van der Waals surface area contributed by atoms with Gasteiger partial charge in [-0.1, -0.05) is 42.5 Å². The fourth-order valence-electron chi connectivity index (χ4n) is 2.76. The molecule has 9 heteroatoms. The van der Waals surface area contributed by atoms with Gasteiger partial charge in [-0.25, -0.2) is 22.9 Å². The lowest BCUT2D eigenvalue weighted by atomic mass is 10.2. The summed E-state index contributed by atoms with van der Waals surface area (Å²) in [7, 11) is -3.79. The van der Waals surface area contributed by atoms with Gasteiger partial charge in [0.2, 0.25) is 15.9 Å². The van der Waals surface area contributed by atoms with E-state index in [1.165, 1.54) is 41.9 Å². The number of nitrogens with zero attached hydrogens (tertiary/aromatic N) is 1. The summed E-state index contributed by atoms with van der Waals surface area (Å²) in [6.45, 7) is 0.0630. The number of rotatable bonds is 8. The number of carbonyl (C=O) groups is 1. The van der Waals surface area contributed by atoms with Crippen LogP contribution in [0.2, 0.25) is 0 Å². The Morgan fingerprint density at radius 1 is 1.06 bits per heavy atom. The van der Waals surface area contributed by atoms with Crippen molar-refractivity contribution in [2.24, 2.45) is 0 Å². The third kappa shape index (κ3) is 5.26. The average molecular weight is 455 g/mol. The lowest BCUT2D eigenvalue weighted by molar-refractivity contribution is 0.0467. The Hall–Kier alpha value is -3.27. The van der Waals surface area contributed by atoms with E-state index in [1.807, 2.05) is 47.8 Å². The molecule has 0 fully saturated rings. The highest BCUT2D eigenvalue weighted by Crippen LogP contribution is 2.24. The van der Waals surface area contributed by atoms with Crippen molar-refractivity contribution < 1.29 is 22.4 Å². The monoisotopic (exact) mass is 454 g/mol. The molecule has 4 aromatic rings. The van der Waals surface area contributed by atoms with E-state index in [2.05, 4.69) is 9.71 Å². The van der Waals surface area contributed by atoms with Crippen LogP contribution in [0, 0.1) is 0 Å². The molecule has 2 heterocycles. The maximum absolute atomic E-state index is 12.6. The summed E-state index contributed by atoms with van der Waals surface area (Å²) >= 11 is 1.49. The van der Waals surface area contributed by atoms with Gasteiger partial charge < -0.3 is 9.15 Å². The van der Waals surface area contributed by atoms with Gasteiger partial charge in [0, 0.05) is 6.54 Å². The van der Waals surface area contributed by atoms with Gasteiger partial charge in [-0.05, 0) is 35.2 Å². The van der Waals surface area contributed by atoms with Crippen molar-refractivity contribution in [3.63, 3.8) is 0 Å². The first-order valence-electron chi connectivity index (χ1n) is 9.30. The molecular formula is C22H18N2O5S2. The van der Waals surface area contributed by atoms with Crippen molar-refractivity contribution in [3.05, 3.63) is 95.2 Å². The van der Waals surface area contributed by atoms with Crippen LogP contribution in [0.15, 0.2) is 87.7 Å². The number of oxazole rings is 1. The molecule has 0 aliphatic rings. The first kappa shape index (κ1) is 21.0. The summed E-state index contributed by atoms with van der Waals surface area (Å²) < 4.78 is 38.4. The smallest absolute Gasteiger partial charge is 0.338 e. The van der Waals surface area contributed by atoms with Crippen LogP contribution in [0.5, 0.6) is 0 Å². The molecule has 2 aromatic heterocycles. The summed E-state index contributed by atoms with van der Waals surface area (Å²) in [4.78, 5) is 17.6. The molecule has 4 rings (SSSR count). The quantitative estimate of drug-likeness (QED) is 0.400. The Morgan fingerprint density at radius 3 is 2.68 bits per heavy atom. The number of hydrogen-bond donors (Lipinski definition) is 1. The summed E-state index contributed by atoms with van der Waals surface area (Å²) in [5.74, 6) is -0.195. The van der Waals surface area contributed by atoms with Gasteiger partial charge in [0.15, 0.2) is 0 Å². The van der Waals surface area contributed by atoms with Crippen LogP contribution in [0.25, 0.3) is 10.8 Å². The molecule has 7 nitrogen and oxygen atoms in total. The Bertz CT molecular complexity index is 1270. The molecule has 0 aliphatic heterocycles. The lowest BCUT2D eigenvalue weighted by Gasteiger charge is -2.08. The number of aromatic nitrogens is 1. The number of hydrogen-bond acceptors (Lipinski definition) is 7. The van der Waals surface area contributed by atoms with Gasteiger partial charge in [0.1, 0.15) is 18.6 Å². The van der Waals surface area contributed by atoms with Gasteiger partial charge in [0.05, 0.1) is 15.3 Å². The molecule has 0 aliphatic carbocycles. The summed E-state index contributed by atoms with van der Waals surface area (Å²) in [6.07, 6.45) is 1.43. The van der Waals surface area contributed by atoms with E-state index in [-0.39, 0.29) is 23.6 Å². The van der Waals surface area contributed by atoms with Crippen molar-refractivity contribution in [3.8, 4) is 10.8 Å². The largest absolute Gasteiger partial charge is 0.455 e. The molecule has 158 valence electrons. The fraction of sp³-hybridized carbons (Fsp3) is 0.0909. The molecule has 0 amide bonds. The van der Waals surface area contributed by atoms with Gasteiger partial charge in [-0.3, -0.25) is 0 Å². The second kappa shape index (κ2) is 9.25. The number of thiophene rings is 1. The molecule has 0 radical (unpaired) electrons. The van der Waals surface area contributed by atoms with Crippen molar-refractivity contribution in [2.75, 3.05) is 0 Å². The number of nitrogens with one attached hydrogen (secondary N) is 1. The zero-order chi connectivity index (χ0) is 21.7. The number of benzene rings is 2. The third-order valence-electron chi connectivity index (χ3n) is 4.32. The van der Waals surface area contributed by atoms with Crippen molar-refractivity contribution in [1.29, 1.82) is 0 Å². The molecule has 0 atom stereocenters. The maximum Gasteiger partial charge on any atom is 0.338 e. The lowest BCUT2D eigenvalue weighted by Crippen LogP contribution is -2.23. The molecule has 0 unspecified atom stereocenters. The molecular weight excluding hydrogens is 436 g/mol. The van der Waals surface area contributed by atoms with Crippen LogP contribution < -0.4 is 4.72 Å². The highest BCUT2D eigenvalue weighted by molar-refractivity contribution is 7.89. The van der Waals surface area contributed by atoms with Crippen molar-refractivity contribution in [2.45, 2.75) is 18.0 Å². The number of carbonyl (C=O) groups excluding carboxylic acids is 1. The van der Waals surface area contributed by atoms with Gasteiger partial charge in [-0.2, -0.15) is 0 Å². The highest BCUT2D eigenvalue weighted by atomic mass is 32.2. The van der Waals surface area contributed by atoms with Crippen LogP contribution in [0.4, 0.5) is 0 Å². The number of sulfonamides is 1. The minimum atomic E-state index is -3.79. The van der Waals surface area contributed by atoms with Crippen LogP contribution in [-0.4, -0.2) is 19.4 Å². The second-order valence-electron chi connectivity index (χ2n) is 6.54.